The zero-order chi connectivity index (χ0) is 14.2. The van der Waals surface area contributed by atoms with Crippen LogP contribution in [0.4, 0.5) is 0 Å². The van der Waals surface area contributed by atoms with E-state index in [9.17, 15) is 5.26 Å². The molecule has 0 saturated heterocycles. The molecule has 20 heavy (non-hydrogen) atoms. The maximum atomic E-state index is 9.74. The topological polar surface area (TPSA) is 23.8 Å². The third kappa shape index (κ3) is 2.34. The molecule has 1 aliphatic carbocycles. The number of aryl methyl sites for hydroxylation is 2. The second-order valence-electron chi connectivity index (χ2n) is 6.19. The Bertz CT molecular complexity index is 646. The molecule has 100 valence electrons. The fourth-order valence-electron chi connectivity index (χ4n) is 3.50. The van der Waals surface area contributed by atoms with Crippen molar-refractivity contribution in [2.45, 2.75) is 33.1 Å². The first-order valence-corrected chi connectivity index (χ1v) is 7.15. The second-order valence-corrected chi connectivity index (χ2v) is 6.19. The van der Waals surface area contributed by atoms with Gasteiger partial charge in [-0.15, -0.1) is 0 Å². The highest BCUT2D eigenvalue weighted by atomic mass is 14.4. The largest absolute Gasteiger partial charge is 0.198 e. The lowest BCUT2D eigenvalue weighted by atomic mass is 9.80. The number of hydrogen-bond acceptors (Lipinski definition) is 1. The normalized spacial score (nSPS) is 15.7. The van der Waals surface area contributed by atoms with Gasteiger partial charge in [-0.2, -0.15) is 5.26 Å². The van der Waals surface area contributed by atoms with E-state index < -0.39 is 0 Å². The van der Waals surface area contributed by atoms with E-state index in [0.29, 0.717) is 0 Å². The molecule has 1 nitrogen and oxygen atoms in total. The van der Waals surface area contributed by atoms with E-state index in [-0.39, 0.29) is 5.41 Å². The van der Waals surface area contributed by atoms with Gasteiger partial charge in [-0.3, -0.25) is 0 Å². The van der Waals surface area contributed by atoms with Gasteiger partial charge in [0, 0.05) is 0 Å². The van der Waals surface area contributed by atoms with Crippen molar-refractivity contribution >= 4 is 0 Å². The van der Waals surface area contributed by atoms with Gasteiger partial charge in [0.1, 0.15) is 0 Å². The summed E-state index contributed by atoms with van der Waals surface area (Å²) in [7, 11) is 0. The summed E-state index contributed by atoms with van der Waals surface area (Å²) in [6, 6.07) is 17.7. The highest BCUT2D eigenvalue weighted by molar-refractivity contribution is 5.39. The third-order valence-electron chi connectivity index (χ3n) is 4.24. The SMILES string of the molecule is Cc1cc(C)cc(CC2(C#N)Cc3ccccc3C2)c1. The zero-order valence-corrected chi connectivity index (χ0v) is 12.1. The monoisotopic (exact) mass is 261 g/mol. The standard InChI is InChI=1S/C19H19N/c1-14-7-15(2)9-16(8-14)10-19(13-20)11-17-5-3-4-6-18(17)12-19/h3-9H,10-12H2,1-2H3. The van der Waals surface area contributed by atoms with Gasteiger partial charge in [-0.1, -0.05) is 53.6 Å². The lowest BCUT2D eigenvalue weighted by Gasteiger charge is -2.21. The molecule has 2 aromatic carbocycles. The van der Waals surface area contributed by atoms with Crippen molar-refractivity contribution in [3.63, 3.8) is 0 Å². The average molecular weight is 261 g/mol. The van der Waals surface area contributed by atoms with Gasteiger partial charge in [0.05, 0.1) is 11.5 Å². The van der Waals surface area contributed by atoms with E-state index in [1.165, 1.54) is 27.8 Å². The van der Waals surface area contributed by atoms with Crippen LogP contribution in [0.25, 0.3) is 0 Å². The van der Waals surface area contributed by atoms with E-state index in [1.54, 1.807) is 0 Å². The Labute approximate surface area is 120 Å². The third-order valence-corrected chi connectivity index (χ3v) is 4.24. The summed E-state index contributed by atoms with van der Waals surface area (Å²) < 4.78 is 0. The predicted octanol–water partition coefficient (Wildman–Crippen LogP) is 4.15. The number of benzene rings is 2. The molecule has 1 aliphatic rings. The molecule has 0 radical (unpaired) electrons. The molecule has 0 amide bonds. The van der Waals surface area contributed by atoms with Crippen molar-refractivity contribution < 1.29 is 0 Å². The van der Waals surface area contributed by atoms with Gasteiger partial charge in [0.25, 0.3) is 0 Å². The van der Waals surface area contributed by atoms with Crippen molar-refractivity contribution in [2.75, 3.05) is 0 Å². The molecular weight excluding hydrogens is 242 g/mol. The quantitative estimate of drug-likeness (QED) is 0.796. The minimum absolute atomic E-state index is 0.260. The van der Waals surface area contributed by atoms with Crippen LogP contribution in [-0.2, 0) is 19.3 Å². The van der Waals surface area contributed by atoms with Crippen molar-refractivity contribution in [1.82, 2.24) is 0 Å². The van der Waals surface area contributed by atoms with E-state index in [1.807, 2.05) is 0 Å². The summed E-state index contributed by atoms with van der Waals surface area (Å²) in [4.78, 5) is 0. The highest BCUT2D eigenvalue weighted by Gasteiger charge is 2.37. The molecule has 2 aromatic rings. The summed E-state index contributed by atoms with van der Waals surface area (Å²) in [6.45, 7) is 4.25. The smallest absolute Gasteiger partial charge is 0.0700 e. The van der Waals surface area contributed by atoms with Gasteiger partial charge in [-0.25, -0.2) is 0 Å². The molecule has 0 aliphatic heterocycles. The number of hydrogen-bond donors (Lipinski definition) is 0. The lowest BCUT2D eigenvalue weighted by Crippen LogP contribution is -2.22. The first kappa shape index (κ1) is 12.9. The Morgan fingerprint density at radius 1 is 1.00 bits per heavy atom. The molecule has 0 fully saturated rings. The van der Waals surface area contributed by atoms with Crippen molar-refractivity contribution in [1.29, 1.82) is 5.26 Å². The van der Waals surface area contributed by atoms with Crippen LogP contribution in [0.15, 0.2) is 42.5 Å². The zero-order valence-electron chi connectivity index (χ0n) is 12.1. The van der Waals surface area contributed by atoms with Crippen LogP contribution in [0.2, 0.25) is 0 Å². The molecule has 0 bridgehead atoms. The Morgan fingerprint density at radius 3 is 2.05 bits per heavy atom. The molecule has 0 aromatic heterocycles. The molecule has 1 heteroatoms. The number of fused-ring (bicyclic) bond motifs is 1. The van der Waals surface area contributed by atoms with Crippen LogP contribution in [-0.4, -0.2) is 0 Å². The van der Waals surface area contributed by atoms with E-state index >= 15 is 0 Å². The number of nitrogens with zero attached hydrogens (tertiary/aromatic N) is 1. The van der Waals surface area contributed by atoms with Crippen molar-refractivity contribution in [2.24, 2.45) is 5.41 Å². The Morgan fingerprint density at radius 2 is 1.55 bits per heavy atom. The molecule has 0 atom stereocenters. The van der Waals surface area contributed by atoms with Crippen LogP contribution >= 0.6 is 0 Å². The van der Waals surface area contributed by atoms with E-state index in [2.05, 4.69) is 62.4 Å². The molecule has 3 rings (SSSR count). The van der Waals surface area contributed by atoms with Crippen LogP contribution in [0.1, 0.15) is 27.8 Å². The van der Waals surface area contributed by atoms with Crippen LogP contribution in [0.3, 0.4) is 0 Å². The van der Waals surface area contributed by atoms with Crippen molar-refractivity contribution in [3.05, 3.63) is 70.3 Å². The van der Waals surface area contributed by atoms with Gasteiger partial charge in [-0.05, 0) is 49.8 Å². The van der Waals surface area contributed by atoms with Gasteiger partial charge < -0.3 is 0 Å². The maximum Gasteiger partial charge on any atom is 0.0700 e. The molecular formula is C19H19N. The maximum absolute atomic E-state index is 9.74. The van der Waals surface area contributed by atoms with Crippen LogP contribution in [0.5, 0.6) is 0 Å². The number of rotatable bonds is 2. The van der Waals surface area contributed by atoms with Crippen LogP contribution in [0, 0.1) is 30.6 Å². The fraction of sp³-hybridized carbons (Fsp3) is 0.316. The summed E-state index contributed by atoms with van der Waals surface area (Å²) in [6.07, 6.45) is 2.61. The lowest BCUT2D eigenvalue weighted by molar-refractivity contribution is 0.418. The van der Waals surface area contributed by atoms with E-state index in [0.717, 1.165) is 19.3 Å². The van der Waals surface area contributed by atoms with Gasteiger partial charge >= 0.3 is 0 Å². The molecule has 0 saturated carbocycles. The molecule has 0 unspecified atom stereocenters. The summed E-state index contributed by atoms with van der Waals surface area (Å²) in [5, 5.41) is 9.74. The predicted molar refractivity (Wildman–Crippen MR) is 81.5 cm³/mol. The summed E-state index contributed by atoms with van der Waals surface area (Å²) >= 11 is 0. The Balaban J connectivity index is 1.91. The van der Waals surface area contributed by atoms with Gasteiger partial charge in [0.15, 0.2) is 0 Å². The highest BCUT2D eigenvalue weighted by Crippen LogP contribution is 2.39. The summed E-state index contributed by atoms with van der Waals surface area (Å²) in [5.74, 6) is 0. The van der Waals surface area contributed by atoms with Crippen LogP contribution < -0.4 is 0 Å². The summed E-state index contributed by atoms with van der Waals surface area (Å²) in [5.41, 5.74) is 6.28. The molecule has 0 N–H and O–H groups in total. The Hall–Kier alpha value is -2.07. The number of nitriles is 1. The second kappa shape index (κ2) is 4.80. The average Bonchev–Trinajstić information content (AvgIpc) is 2.76. The first-order chi connectivity index (χ1) is 9.60. The molecule has 0 heterocycles. The fourth-order valence-corrected chi connectivity index (χ4v) is 3.50. The van der Waals surface area contributed by atoms with Gasteiger partial charge in [0.2, 0.25) is 0 Å². The van der Waals surface area contributed by atoms with E-state index in [4.69, 9.17) is 0 Å². The Kier molecular flexibility index (Phi) is 3.10. The molecule has 0 spiro atoms. The minimum atomic E-state index is -0.260. The first-order valence-electron chi connectivity index (χ1n) is 7.15. The van der Waals surface area contributed by atoms with Crippen molar-refractivity contribution in [3.8, 4) is 6.07 Å². The minimum Gasteiger partial charge on any atom is -0.198 e.